The molecule has 0 spiro atoms. The van der Waals surface area contributed by atoms with Crippen LogP contribution in [0.4, 0.5) is 10.5 Å². The molecule has 0 aliphatic carbocycles. The SMILES string of the molecule is COc1ccc(C2(C)NC(=O)N(CC(=O)N(c3ccccc3)C(C)C)C2=O)cc1OC. The number of hydrogen-bond donors (Lipinski definition) is 1. The van der Waals surface area contributed by atoms with Crippen LogP contribution in [-0.4, -0.2) is 49.6 Å². The van der Waals surface area contributed by atoms with Crippen molar-refractivity contribution < 1.29 is 23.9 Å². The molecule has 1 fully saturated rings. The number of nitrogens with zero attached hydrogens (tertiary/aromatic N) is 2. The normalized spacial score (nSPS) is 18.2. The van der Waals surface area contributed by atoms with Crippen LogP contribution in [-0.2, 0) is 15.1 Å². The van der Waals surface area contributed by atoms with Gasteiger partial charge in [0.1, 0.15) is 12.1 Å². The molecule has 3 rings (SSSR count). The Balaban J connectivity index is 1.87. The average Bonchev–Trinajstić information content (AvgIpc) is 2.97. The number of ether oxygens (including phenoxy) is 2. The minimum Gasteiger partial charge on any atom is -0.493 e. The Kier molecular flexibility index (Phi) is 6.19. The summed E-state index contributed by atoms with van der Waals surface area (Å²) in [6, 6.07) is 13.4. The number of methoxy groups -OCH3 is 2. The summed E-state index contributed by atoms with van der Waals surface area (Å²) in [5, 5.41) is 2.72. The van der Waals surface area contributed by atoms with Crippen LogP contribution in [0, 0.1) is 0 Å². The van der Waals surface area contributed by atoms with Crippen LogP contribution in [0.25, 0.3) is 0 Å². The summed E-state index contributed by atoms with van der Waals surface area (Å²) >= 11 is 0. The second kappa shape index (κ2) is 8.67. The highest BCUT2D eigenvalue weighted by molar-refractivity contribution is 6.10. The van der Waals surface area contributed by atoms with Gasteiger partial charge < -0.3 is 19.7 Å². The lowest BCUT2D eigenvalue weighted by atomic mass is 9.91. The summed E-state index contributed by atoms with van der Waals surface area (Å²) in [7, 11) is 3.01. The van der Waals surface area contributed by atoms with Crippen molar-refractivity contribution in [2.45, 2.75) is 32.4 Å². The molecule has 164 valence electrons. The fourth-order valence-corrected chi connectivity index (χ4v) is 3.71. The van der Waals surface area contributed by atoms with Crippen LogP contribution in [0.3, 0.4) is 0 Å². The number of hydrogen-bond acceptors (Lipinski definition) is 5. The zero-order valence-corrected chi connectivity index (χ0v) is 18.3. The maximum Gasteiger partial charge on any atom is 0.325 e. The molecular formula is C23H27N3O5. The van der Waals surface area contributed by atoms with Crippen LogP contribution >= 0.6 is 0 Å². The summed E-state index contributed by atoms with van der Waals surface area (Å²) in [5.41, 5.74) is -0.0915. The van der Waals surface area contributed by atoms with Crippen molar-refractivity contribution in [2.24, 2.45) is 0 Å². The zero-order chi connectivity index (χ0) is 22.8. The van der Waals surface area contributed by atoms with Crippen molar-refractivity contribution in [3.05, 3.63) is 54.1 Å². The molecule has 4 amide bonds. The van der Waals surface area contributed by atoms with Crippen molar-refractivity contribution in [2.75, 3.05) is 25.7 Å². The van der Waals surface area contributed by atoms with E-state index in [1.54, 1.807) is 30.0 Å². The van der Waals surface area contributed by atoms with Gasteiger partial charge in [-0.3, -0.25) is 14.5 Å². The highest BCUT2D eigenvalue weighted by Gasteiger charge is 2.50. The van der Waals surface area contributed by atoms with Crippen molar-refractivity contribution in [1.82, 2.24) is 10.2 Å². The molecule has 1 heterocycles. The summed E-state index contributed by atoms with van der Waals surface area (Å²) in [6.07, 6.45) is 0. The van der Waals surface area contributed by atoms with Crippen LogP contribution in [0.5, 0.6) is 11.5 Å². The lowest BCUT2D eigenvalue weighted by Crippen LogP contribution is -2.46. The fraction of sp³-hybridized carbons (Fsp3) is 0.348. The largest absolute Gasteiger partial charge is 0.493 e. The maximum absolute atomic E-state index is 13.3. The molecule has 1 saturated heterocycles. The minimum absolute atomic E-state index is 0.145. The number of para-hydroxylation sites is 1. The number of imide groups is 1. The molecule has 0 aromatic heterocycles. The van der Waals surface area contributed by atoms with Crippen molar-refractivity contribution >= 4 is 23.5 Å². The lowest BCUT2D eigenvalue weighted by molar-refractivity contribution is -0.134. The van der Waals surface area contributed by atoms with Gasteiger partial charge in [0.15, 0.2) is 11.5 Å². The summed E-state index contributed by atoms with van der Waals surface area (Å²) in [5.74, 6) is 0.0954. The first-order valence-electron chi connectivity index (χ1n) is 9.96. The van der Waals surface area contributed by atoms with Gasteiger partial charge in [-0.05, 0) is 50.6 Å². The van der Waals surface area contributed by atoms with E-state index in [1.165, 1.54) is 14.2 Å². The number of benzene rings is 2. The summed E-state index contributed by atoms with van der Waals surface area (Å²) in [6.45, 7) is 5.01. The Morgan fingerprint density at radius 2 is 1.71 bits per heavy atom. The van der Waals surface area contributed by atoms with E-state index in [9.17, 15) is 14.4 Å². The van der Waals surface area contributed by atoms with Gasteiger partial charge in [-0.15, -0.1) is 0 Å². The van der Waals surface area contributed by atoms with Crippen LogP contribution < -0.4 is 19.7 Å². The first kappa shape index (κ1) is 22.1. The molecule has 2 aromatic carbocycles. The van der Waals surface area contributed by atoms with E-state index in [2.05, 4.69) is 5.32 Å². The van der Waals surface area contributed by atoms with Gasteiger partial charge in [0.05, 0.1) is 14.2 Å². The monoisotopic (exact) mass is 425 g/mol. The number of carbonyl (C=O) groups excluding carboxylic acids is 3. The molecular weight excluding hydrogens is 398 g/mol. The molecule has 8 heteroatoms. The maximum atomic E-state index is 13.3. The quantitative estimate of drug-likeness (QED) is 0.689. The molecule has 1 aliphatic rings. The van der Waals surface area contributed by atoms with Gasteiger partial charge in [0.2, 0.25) is 5.91 Å². The molecule has 31 heavy (non-hydrogen) atoms. The molecule has 8 nitrogen and oxygen atoms in total. The predicted octanol–water partition coefficient (Wildman–Crippen LogP) is 2.91. The second-order valence-corrected chi connectivity index (χ2v) is 7.71. The van der Waals surface area contributed by atoms with Gasteiger partial charge in [-0.1, -0.05) is 24.3 Å². The Hall–Kier alpha value is -3.55. The number of carbonyl (C=O) groups is 3. The van der Waals surface area contributed by atoms with Crippen molar-refractivity contribution in [3.63, 3.8) is 0 Å². The third kappa shape index (κ3) is 4.05. The zero-order valence-electron chi connectivity index (χ0n) is 18.3. The average molecular weight is 425 g/mol. The molecule has 2 aromatic rings. The van der Waals surface area contributed by atoms with E-state index >= 15 is 0 Å². The molecule has 0 bridgehead atoms. The van der Waals surface area contributed by atoms with E-state index in [0.29, 0.717) is 22.7 Å². The van der Waals surface area contributed by atoms with Gasteiger partial charge in [-0.2, -0.15) is 0 Å². The second-order valence-electron chi connectivity index (χ2n) is 7.71. The topological polar surface area (TPSA) is 88.2 Å². The Morgan fingerprint density at radius 3 is 2.29 bits per heavy atom. The van der Waals surface area contributed by atoms with Crippen molar-refractivity contribution in [1.29, 1.82) is 0 Å². The highest BCUT2D eigenvalue weighted by atomic mass is 16.5. The lowest BCUT2D eigenvalue weighted by Gasteiger charge is -2.28. The van der Waals surface area contributed by atoms with Gasteiger partial charge in [-0.25, -0.2) is 4.79 Å². The van der Waals surface area contributed by atoms with Gasteiger partial charge >= 0.3 is 6.03 Å². The predicted molar refractivity (Wildman–Crippen MR) is 116 cm³/mol. The molecule has 1 unspecified atom stereocenters. The number of amides is 4. The van der Waals surface area contributed by atoms with Crippen LogP contribution in [0.1, 0.15) is 26.3 Å². The molecule has 0 radical (unpaired) electrons. The summed E-state index contributed by atoms with van der Waals surface area (Å²) < 4.78 is 10.6. The van der Waals surface area contributed by atoms with E-state index in [0.717, 1.165) is 4.90 Å². The standard InChI is InChI=1S/C23H27N3O5/c1-15(2)26(17-9-7-6-8-10-17)20(27)14-25-21(28)23(3,24-22(25)29)16-11-12-18(30-4)19(13-16)31-5/h6-13,15H,14H2,1-5H3,(H,24,29). The highest BCUT2D eigenvalue weighted by Crippen LogP contribution is 2.35. The number of nitrogens with one attached hydrogen (secondary N) is 1. The van der Waals surface area contributed by atoms with Gasteiger partial charge in [0, 0.05) is 11.7 Å². The smallest absolute Gasteiger partial charge is 0.325 e. The fourth-order valence-electron chi connectivity index (χ4n) is 3.71. The Labute approximate surface area is 181 Å². The van der Waals surface area contributed by atoms with E-state index < -0.39 is 17.5 Å². The Morgan fingerprint density at radius 1 is 1.06 bits per heavy atom. The first-order chi connectivity index (χ1) is 14.7. The number of urea groups is 1. The minimum atomic E-state index is -1.33. The third-order valence-electron chi connectivity index (χ3n) is 5.35. The number of rotatable bonds is 7. The molecule has 1 N–H and O–H groups in total. The molecule has 1 atom stereocenters. The molecule has 1 aliphatic heterocycles. The van der Waals surface area contributed by atoms with Crippen LogP contribution in [0.2, 0.25) is 0 Å². The van der Waals surface area contributed by atoms with Gasteiger partial charge in [0.25, 0.3) is 5.91 Å². The van der Waals surface area contributed by atoms with Crippen LogP contribution in [0.15, 0.2) is 48.5 Å². The van der Waals surface area contributed by atoms with E-state index in [-0.39, 0.29) is 18.5 Å². The summed E-state index contributed by atoms with van der Waals surface area (Å²) in [4.78, 5) is 41.6. The first-order valence-corrected chi connectivity index (χ1v) is 9.96. The molecule has 0 saturated carbocycles. The number of anilines is 1. The third-order valence-corrected chi connectivity index (χ3v) is 5.35. The van der Waals surface area contributed by atoms with Crippen molar-refractivity contribution in [3.8, 4) is 11.5 Å². The van der Waals surface area contributed by atoms with E-state index in [4.69, 9.17) is 9.47 Å². The Bertz CT molecular complexity index is 992. The van der Waals surface area contributed by atoms with E-state index in [1.807, 2.05) is 44.2 Å².